The zero-order valence-electron chi connectivity index (χ0n) is 15.0. The summed E-state index contributed by atoms with van der Waals surface area (Å²) in [5.41, 5.74) is 0.00537. The van der Waals surface area contributed by atoms with Gasteiger partial charge in [-0.05, 0) is 12.8 Å². The minimum Gasteiger partial charge on any atom is -0.371 e. The van der Waals surface area contributed by atoms with Crippen molar-refractivity contribution < 1.29 is 9.53 Å². The Morgan fingerprint density at radius 1 is 1.04 bits per heavy atom. The second-order valence-corrected chi connectivity index (χ2v) is 7.48. The van der Waals surface area contributed by atoms with Gasteiger partial charge in [0.15, 0.2) is 0 Å². The van der Waals surface area contributed by atoms with Crippen LogP contribution >= 0.6 is 0 Å². The maximum Gasteiger partial charge on any atom is 0.241 e. The number of carbonyl (C=O) groups is 1. The molecule has 0 bridgehead atoms. The van der Waals surface area contributed by atoms with Crippen LogP contribution in [0.4, 0.5) is 11.6 Å². The molecule has 136 valence electrons. The third kappa shape index (κ3) is 3.42. The molecule has 1 aromatic heterocycles. The summed E-state index contributed by atoms with van der Waals surface area (Å²) in [4.78, 5) is 27.0. The van der Waals surface area contributed by atoms with E-state index in [4.69, 9.17) is 4.74 Å². The number of anilines is 2. The van der Waals surface area contributed by atoms with E-state index in [1.807, 2.05) is 18.0 Å². The number of hydrogen-bond donors (Lipinski definition) is 0. The molecule has 2 saturated heterocycles. The van der Waals surface area contributed by atoms with Crippen LogP contribution < -0.4 is 9.80 Å². The molecule has 7 heteroatoms. The first-order valence-electron chi connectivity index (χ1n) is 9.35. The minimum absolute atomic E-state index is 0.00537. The highest BCUT2D eigenvalue weighted by atomic mass is 16.5. The molecule has 2 aliphatic heterocycles. The average molecular weight is 345 g/mol. The zero-order chi connectivity index (χ0) is 17.3. The van der Waals surface area contributed by atoms with E-state index in [2.05, 4.69) is 14.9 Å². The van der Waals surface area contributed by atoms with Crippen LogP contribution in [0.2, 0.25) is 0 Å². The molecule has 1 spiro atoms. The molecule has 1 saturated carbocycles. The van der Waals surface area contributed by atoms with Crippen molar-refractivity contribution in [2.75, 3.05) is 56.2 Å². The fourth-order valence-corrected chi connectivity index (χ4v) is 4.18. The minimum atomic E-state index is 0.00537. The third-order valence-corrected chi connectivity index (χ3v) is 5.76. The van der Waals surface area contributed by atoms with Gasteiger partial charge in [0, 0.05) is 39.3 Å². The molecule has 0 N–H and O–H groups in total. The van der Waals surface area contributed by atoms with E-state index in [-0.39, 0.29) is 11.5 Å². The molecule has 1 aliphatic carbocycles. The Morgan fingerprint density at radius 3 is 2.56 bits per heavy atom. The number of piperazine rings is 1. The molecule has 0 unspecified atom stereocenters. The number of nitrogens with zero attached hydrogens (tertiary/aromatic N) is 5. The number of hydrogen-bond acceptors (Lipinski definition) is 6. The second kappa shape index (κ2) is 6.78. The molecule has 25 heavy (non-hydrogen) atoms. The molecular weight excluding hydrogens is 318 g/mol. The fraction of sp³-hybridized carbons (Fsp3) is 0.722. The van der Waals surface area contributed by atoms with E-state index in [0.29, 0.717) is 6.54 Å². The van der Waals surface area contributed by atoms with Crippen LogP contribution in [0.1, 0.15) is 32.1 Å². The Bertz CT molecular complexity index is 626. The summed E-state index contributed by atoms with van der Waals surface area (Å²) >= 11 is 0. The van der Waals surface area contributed by atoms with E-state index >= 15 is 0 Å². The lowest BCUT2D eigenvalue weighted by molar-refractivity contribution is -0.129. The van der Waals surface area contributed by atoms with Crippen molar-refractivity contribution in [2.45, 2.75) is 37.7 Å². The van der Waals surface area contributed by atoms with Crippen LogP contribution in [0.5, 0.6) is 0 Å². The largest absolute Gasteiger partial charge is 0.371 e. The molecule has 4 rings (SSSR count). The SMILES string of the molecule is CN1CCN(c2cc(N3CCOC4(CCCCC4)C3)ncn2)CC1=O. The van der Waals surface area contributed by atoms with Crippen molar-refractivity contribution in [3.63, 3.8) is 0 Å². The molecule has 3 fully saturated rings. The van der Waals surface area contributed by atoms with E-state index < -0.39 is 0 Å². The first kappa shape index (κ1) is 16.6. The third-order valence-electron chi connectivity index (χ3n) is 5.76. The summed E-state index contributed by atoms with van der Waals surface area (Å²) in [6, 6.07) is 2.03. The molecule has 3 aliphatic rings. The highest BCUT2D eigenvalue weighted by Crippen LogP contribution is 2.35. The van der Waals surface area contributed by atoms with E-state index in [1.54, 1.807) is 11.2 Å². The van der Waals surface area contributed by atoms with Gasteiger partial charge in [0.05, 0.1) is 18.8 Å². The summed E-state index contributed by atoms with van der Waals surface area (Å²) in [6.45, 7) is 4.46. The number of amides is 1. The van der Waals surface area contributed by atoms with Gasteiger partial charge in [0.2, 0.25) is 5.91 Å². The van der Waals surface area contributed by atoms with Gasteiger partial charge in [-0.1, -0.05) is 19.3 Å². The van der Waals surface area contributed by atoms with Crippen LogP contribution in [0.25, 0.3) is 0 Å². The molecule has 1 amide bonds. The highest BCUT2D eigenvalue weighted by molar-refractivity contribution is 5.82. The normalized spacial score (nSPS) is 24.0. The standard InChI is InChI=1S/C18H27N5O2/c1-21-7-8-22(12-17(21)24)15-11-16(20-14-19-15)23-9-10-25-18(13-23)5-3-2-4-6-18/h11,14H,2-10,12-13H2,1H3. The Hall–Kier alpha value is -1.89. The van der Waals surface area contributed by atoms with Gasteiger partial charge in [0.25, 0.3) is 0 Å². The van der Waals surface area contributed by atoms with Crippen molar-refractivity contribution in [2.24, 2.45) is 0 Å². The van der Waals surface area contributed by atoms with Gasteiger partial charge >= 0.3 is 0 Å². The van der Waals surface area contributed by atoms with Crippen LogP contribution in [-0.2, 0) is 9.53 Å². The predicted octanol–water partition coefficient (Wildman–Crippen LogP) is 1.29. The van der Waals surface area contributed by atoms with Crippen LogP contribution in [0, 0.1) is 0 Å². The number of carbonyl (C=O) groups excluding carboxylic acids is 1. The van der Waals surface area contributed by atoms with Crippen LogP contribution in [-0.4, -0.2) is 72.8 Å². The van der Waals surface area contributed by atoms with Crippen molar-refractivity contribution >= 4 is 17.5 Å². The first-order chi connectivity index (χ1) is 12.2. The molecule has 0 radical (unpaired) electrons. The zero-order valence-corrected chi connectivity index (χ0v) is 15.0. The Labute approximate surface area is 149 Å². The summed E-state index contributed by atoms with van der Waals surface area (Å²) in [5, 5.41) is 0. The lowest BCUT2D eigenvalue weighted by Crippen LogP contribution is -2.53. The van der Waals surface area contributed by atoms with Crippen molar-refractivity contribution in [3.05, 3.63) is 12.4 Å². The lowest BCUT2D eigenvalue weighted by atomic mass is 9.83. The molecule has 0 aromatic carbocycles. The van der Waals surface area contributed by atoms with Crippen molar-refractivity contribution in [1.82, 2.24) is 14.9 Å². The maximum atomic E-state index is 12.0. The average Bonchev–Trinajstić information content (AvgIpc) is 2.65. The molecular formula is C18H27N5O2. The van der Waals surface area contributed by atoms with E-state index in [1.165, 1.54) is 19.3 Å². The smallest absolute Gasteiger partial charge is 0.241 e. The highest BCUT2D eigenvalue weighted by Gasteiger charge is 2.38. The van der Waals surface area contributed by atoms with E-state index in [0.717, 1.165) is 57.3 Å². The molecule has 3 heterocycles. The van der Waals surface area contributed by atoms with E-state index in [9.17, 15) is 4.79 Å². The number of aromatic nitrogens is 2. The Balaban J connectivity index is 1.50. The fourth-order valence-electron chi connectivity index (χ4n) is 4.18. The van der Waals surface area contributed by atoms with Gasteiger partial charge in [-0.15, -0.1) is 0 Å². The van der Waals surface area contributed by atoms with Gasteiger partial charge in [-0.3, -0.25) is 4.79 Å². The number of ether oxygens (including phenoxy) is 1. The summed E-state index contributed by atoms with van der Waals surface area (Å²) in [6.07, 6.45) is 7.75. The first-order valence-corrected chi connectivity index (χ1v) is 9.35. The van der Waals surface area contributed by atoms with Gasteiger partial charge in [0.1, 0.15) is 18.0 Å². The second-order valence-electron chi connectivity index (χ2n) is 7.48. The quantitative estimate of drug-likeness (QED) is 0.805. The van der Waals surface area contributed by atoms with Crippen LogP contribution in [0.15, 0.2) is 12.4 Å². The lowest BCUT2D eigenvalue weighted by Gasteiger charge is -2.45. The van der Waals surface area contributed by atoms with Crippen LogP contribution in [0.3, 0.4) is 0 Å². The molecule has 0 atom stereocenters. The number of rotatable bonds is 2. The van der Waals surface area contributed by atoms with Gasteiger partial charge in [-0.25, -0.2) is 9.97 Å². The van der Waals surface area contributed by atoms with Gasteiger partial charge in [-0.2, -0.15) is 0 Å². The van der Waals surface area contributed by atoms with Gasteiger partial charge < -0.3 is 19.4 Å². The Kier molecular flexibility index (Phi) is 4.50. The maximum absolute atomic E-state index is 12.0. The number of likely N-dealkylation sites (N-methyl/N-ethyl adjacent to an activating group) is 1. The van der Waals surface area contributed by atoms with Crippen molar-refractivity contribution in [1.29, 1.82) is 0 Å². The summed E-state index contributed by atoms with van der Waals surface area (Å²) in [5.74, 6) is 1.93. The number of morpholine rings is 1. The summed E-state index contributed by atoms with van der Waals surface area (Å²) in [7, 11) is 1.85. The monoisotopic (exact) mass is 345 g/mol. The topological polar surface area (TPSA) is 61.8 Å². The molecule has 1 aromatic rings. The molecule has 7 nitrogen and oxygen atoms in total. The summed E-state index contributed by atoms with van der Waals surface area (Å²) < 4.78 is 6.18. The van der Waals surface area contributed by atoms with Crippen molar-refractivity contribution in [3.8, 4) is 0 Å². The Morgan fingerprint density at radius 2 is 1.80 bits per heavy atom. The predicted molar refractivity (Wildman–Crippen MR) is 95.9 cm³/mol.